The van der Waals surface area contributed by atoms with E-state index in [1.807, 2.05) is 18.2 Å². The smallest absolute Gasteiger partial charge is 0.0832 e. The second kappa shape index (κ2) is 3.83. The van der Waals surface area contributed by atoms with E-state index in [-0.39, 0.29) is 0 Å². The van der Waals surface area contributed by atoms with Gasteiger partial charge in [-0.05, 0) is 24.3 Å². The molecule has 17 heavy (non-hydrogen) atoms. The summed E-state index contributed by atoms with van der Waals surface area (Å²) in [5, 5.41) is 0.981. The van der Waals surface area contributed by atoms with Gasteiger partial charge in [0.1, 0.15) is 0 Å². The van der Waals surface area contributed by atoms with E-state index < -0.39 is 0 Å². The fourth-order valence-electron chi connectivity index (χ4n) is 1.82. The molecule has 0 radical (unpaired) electrons. The van der Waals surface area contributed by atoms with E-state index in [1.54, 1.807) is 30.9 Å². The number of pyridine rings is 3. The molecule has 0 aliphatic rings. The number of anilines is 1. The zero-order valence-corrected chi connectivity index (χ0v) is 9.04. The van der Waals surface area contributed by atoms with Crippen LogP contribution in [-0.4, -0.2) is 15.0 Å². The van der Waals surface area contributed by atoms with Crippen molar-refractivity contribution in [2.45, 2.75) is 0 Å². The fraction of sp³-hybridized carbons (Fsp3) is 0. The van der Waals surface area contributed by atoms with Crippen LogP contribution in [0.15, 0.2) is 49.1 Å². The normalized spacial score (nSPS) is 10.6. The average molecular weight is 222 g/mol. The van der Waals surface area contributed by atoms with Crippen LogP contribution in [0.4, 0.5) is 5.69 Å². The highest BCUT2D eigenvalue weighted by Crippen LogP contribution is 2.28. The SMILES string of the molecule is Nc1ccncc1-c1nccc2ncccc12. The summed E-state index contributed by atoms with van der Waals surface area (Å²) in [7, 11) is 0. The van der Waals surface area contributed by atoms with E-state index >= 15 is 0 Å². The first-order chi connectivity index (χ1) is 8.36. The lowest BCUT2D eigenvalue weighted by atomic mass is 10.1. The third-order valence-corrected chi connectivity index (χ3v) is 2.64. The summed E-state index contributed by atoms with van der Waals surface area (Å²) in [5.74, 6) is 0. The predicted octanol–water partition coefficient (Wildman–Crippen LogP) is 2.27. The van der Waals surface area contributed by atoms with Crippen molar-refractivity contribution in [3.05, 3.63) is 49.1 Å². The van der Waals surface area contributed by atoms with Crippen molar-refractivity contribution < 1.29 is 0 Å². The van der Waals surface area contributed by atoms with Crippen LogP contribution in [0.5, 0.6) is 0 Å². The standard InChI is InChI=1S/C13H10N4/c14-11-3-6-15-8-10(11)13-9-2-1-5-16-12(9)4-7-17-13/h1-8H,(H2,14,15). The summed E-state index contributed by atoms with van der Waals surface area (Å²) in [4.78, 5) is 12.8. The Morgan fingerprint density at radius 1 is 0.941 bits per heavy atom. The molecule has 0 fully saturated rings. The molecule has 0 aromatic carbocycles. The Morgan fingerprint density at radius 2 is 1.88 bits per heavy atom. The van der Waals surface area contributed by atoms with Crippen LogP contribution >= 0.6 is 0 Å². The summed E-state index contributed by atoms with van der Waals surface area (Å²) in [6, 6.07) is 7.52. The largest absolute Gasteiger partial charge is 0.398 e. The van der Waals surface area contributed by atoms with Crippen LogP contribution in [-0.2, 0) is 0 Å². The van der Waals surface area contributed by atoms with Crippen LogP contribution in [0.2, 0.25) is 0 Å². The van der Waals surface area contributed by atoms with E-state index in [1.165, 1.54) is 0 Å². The first-order valence-electron chi connectivity index (χ1n) is 5.26. The number of rotatable bonds is 1. The Kier molecular flexibility index (Phi) is 2.19. The van der Waals surface area contributed by atoms with Gasteiger partial charge < -0.3 is 5.73 Å². The van der Waals surface area contributed by atoms with Crippen LogP contribution in [0.3, 0.4) is 0 Å². The minimum Gasteiger partial charge on any atom is -0.398 e. The minimum absolute atomic E-state index is 0.670. The van der Waals surface area contributed by atoms with Gasteiger partial charge in [0.15, 0.2) is 0 Å². The lowest BCUT2D eigenvalue weighted by molar-refractivity contribution is 1.28. The third-order valence-electron chi connectivity index (χ3n) is 2.64. The van der Waals surface area contributed by atoms with Crippen LogP contribution in [0, 0.1) is 0 Å². The predicted molar refractivity (Wildman–Crippen MR) is 67.2 cm³/mol. The van der Waals surface area contributed by atoms with Gasteiger partial charge >= 0.3 is 0 Å². The fourth-order valence-corrected chi connectivity index (χ4v) is 1.82. The Balaban J connectivity index is 2.35. The Labute approximate surface area is 98.2 Å². The lowest BCUT2D eigenvalue weighted by Crippen LogP contribution is -1.94. The van der Waals surface area contributed by atoms with Gasteiger partial charge in [-0.25, -0.2) is 0 Å². The molecule has 0 spiro atoms. The van der Waals surface area contributed by atoms with Crippen molar-refractivity contribution >= 4 is 16.6 Å². The van der Waals surface area contributed by atoms with E-state index in [2.05, 4.69) is 15.0 Å². The van der Waals surface area contributed by atoms with Crippen molar-refractivity contribution in [3.63, 3.8) is 0 Å². The van der Waals surface area contributed by atoms with Crippen LogP contribution in [0.25, 0.3) is 22.2 Å². The molecule has 4 heteroatoms. The Hall–Kier alpha value is -2.49. The monoisotopic (exact) mass is 222 g/mol. The first kappa shape index (κ1) is 9.72. The molecule has 0 amide bonds. The molecule has 82 valence electrons. The summed E-state index contributed by atoms with van der Waals surface area (Å²) in [6.07, 6.45) is 6.89. The molecular formula is C13H10N4. The number of hydrogen-bond donors (Lipinski definition) is 1. The van der Waals surface area contributed by atoms with E-state index in [9.17, 15) is 0 Å². The molecule has 0 saturated carbocycles. The topological polar surface area (TPSA) is 64.7 Å². The van der Waals surface area contributed by atoms with Gasteiger partial charge in [0, 0.05) is 41.4 Å². The second-order valence-corrected chi connectivity index (χ2v) is 3.69. The molecule has 0 unspecified atom stereocenters. The number of aromatic nitrogens is 3. The van der Waals surface area contributed by atoms with Gasteiger partial charge in [0.05, 0.1) is 11.2 Å². The maximum atomic E-state index is 5.94. The number of fused-ring (bicyclic) bond motifs is 1. The first-order valence-corrected chi connectivity index (χ1v) is 5.26. The number of nitrogens with two attached hydrogens (primary N) is 1. The molecule has 0 aliphatic carbocycles. The number of nitrogens with zero attached hydrogens (tertiary/aromatic N) is 3. The molecular weight excluding hydrogens is 212 g/mol. The van der Waals surface area contributed by atoms with E-state index in [4.69, 9.17) is 5.73 Å². The number of hydrogen-bond acceptors (Lipinski definition) is 4. The molecule has 3 heterocycles. The number of nitrogen functional groups attached to an aromatic ring is 1. The molecule has 3 aromatic heterocycles. The molecule has 3 aromatic rings. The maximum Gasteiger partial charge on any atom is 0.0832 e. The zero-order valence-electron chi connectivity index (χ0n) is 9.04. The van der Waals surface area contributed by atoms with Gasteiger partial charge in [0.2, 0.25) is 0 Å². The van der Waals surface area contributed by atoms with Crippen molar-refractivity contribution in [1.29, 1.82) is 0 Å². The van der Waals surface area contributed by atoms with Crippen LogP contribution in [0.1, 0.15) is 0 Å². The lowest BCUT2D eigenvalue weighted by Gasteiger charge is -2.06. The van der Waals surface area contributed by atoms with Gasteiger partial charge in [-0.2, -0.15) is 0 Å². The van der Waals surface area contributed by atoms with Crippen molar-refractivity contribution in [3.8, 4) is 11.3 Å². The van der Waals surface area contributed by atoms with Crippen molar-refractivity contribution in [2.75, 3.05) is 5.73 Å². The van der Waals surface area contributed by atoms with E-state index in [0.717, 1.165) is 22.2 Å². The molecule has 0 aliphatic heterocycles. The minimum atomic E-state index is 0.670. The molecule has 0 saturated heterocycles. The van der Waals surface area contributed by atoms with Gasteiger partial charge in [-0.3, -0.25) is 15.0 Å². The molecule has 3 rings (SSSR count). The molecule has 4 nitrogen and oxygen atoms in total. The Morgan fingerprint density at radius 3 is 2.76 bits per heavy atom. The third kappa shape index (κ3) is 1.59. The maximum absolute atomic E-state index is 5.94. The summed E-state index contributed by atoms with van der Waals surface area (Å²) < 4.78 is 0. The van der Waals surface area contributed by atoms with Gasteiger partial charge in [-0.15, -0.1) is 0 Å². The highest BCUT2D eigenvalue weighted by atomic mass is 14.7. The highest BCUT2D eigenvalue weighted by Gasteiger charge is 2.08. The molecule has 0 bridgehead atoms. The van der Waals surface area contributed by atoms with E-state index in [0.29, 0.717) is 5.69 Å². The summed E-state index contributed by atoms with van der Waals surface area (Å²) >= 11 is 0. The molecule has 0 atom stereocenters. The van der Waals surface area contributed by atoms with Gasteiger partial charge in [0.25, 0.3) is 0 Å². The average Bonchev–Trinajstić information content (AvgIpc) is 2.39. The van der Waals surface area contributed by atoms with Crippen molar-refractivity contribution in [1.82, 2.24) is 15.0 Å². The Bertz CT molecular complexity index is 674. The van der Waals surface area contributed by atoms with Crippen LogP contribution < -0.4 is 5.73 Å². The summed E-state index contributed by atoms with van der Waals surface area (Å²) in [6.45, 7) is 0. The van der Waals surface area contributed by atoms with Gasteiger partial charge in [-0.1, -0.05) is 0 Å². The quantitative estimate of drug-likeness (QED) is 0.686. The summed E-state index contributed by atoms with van der Waals surface area (Å²) in [5.41, 5.74) is 9.18. The second-order valence-electron chi connectivity index (χ2n) is 3.69. The zero-order chi connectivity index (χ0) is 11.7. The molecule has 2 N–H and O–H groups in total. The highest BCUT2D eigenvalue weighted by molar-refractivity contribution is 5.94. The van der Waals surface area contributed by atoms with Crippen molar-refractivity contribution in [2.24, 2.45) is 0 Å².